The lowest BCUT2D eigenvalue weighted by Crippen LogP contribution is -2.49. The van der Waals surface area contributed by atoms with Gasteiger partial charge in [0.2, 0.25) is 14.2 Å². The van der Waals surface area contributed by atoms with Crippen molar-refractivity contribution in [1.82, 2.24) is 4.90 Å². The molecular weight excluding hydrogens is 280 g/mol. The van der Waals surface area contributed by atoms with E-state index in [4.69, 9.17) is 5.14 Å². The molecule has 0 radical (unpaired) electrons. The van der Waals surface area contributed by atoms with Crippen LogP contribution in [0.15, 0.2) is 41.9 Å². The normalized spacial score (nSPS) is 23.3. The Kier molecular flexibility index (Phi) is 3.94. The largest absolute Gasteiger partial charge is 0.345 e. The van der Waals surface area contributed by atoms with Crippen LogP contribution in [0.1, 0.15) is 19.4 Å². The highest BCUT2D eigenvalue weighted by atomic mass is 32.3. The van der Waals surface area contributed by atoms with Crippen molar-refractivity contribution >= 4 is 21.8 Å². The molecule has 1 unspecified atom stereocenters. The number of sulfonamides is 1. The molecule has 6 heteroatoms. The van der Waals surface area contributed by atoms with Gasteiger partial charge in [-0.2, -0.15) is 0 Å². The van der Waals surface area contributed by atoms with Gasteiger partial charge in [0.25, 0.3) is 0 Å². The Balaban J connectivity index is 2.54. The lowest BCUT2D eigenvalue weighted by molar-refractivity contribution is 0.287. The highest BCUT2D eigenvalue weighted by Gasteiger charge is 2.50. The van der Waals surface area contributed by atoms with Gasteiger partial charge >= 0.3 is 0 Å². The predicted octanol–water partition coefficient (Wildman–Crippen LogP) is 2.26. The first kappa shape index (κ1) is 14.4. The Morgan fingerprint density at radius 1 is 1.32 bits per heavy atom. The number of nitrogens with zero attached hydrogens (tertiary/aromatic N) is 1. The molecule has 0 amide bonds. The molecule has 0 bridgehead atoms. The Hall–Kier alpha value is -0.980. The summed E-state index contributed by atoms with van der Waals surface area (Å²) in [4.78, 5) is 1.81. The van der Waals surface area contributed by atoms with Crippen LogP contribution in [0.25, 0.3) is 0 Å². The smallest absolute Gasteiger partial charge is 0.248 e. The minimum atomic E-state index is -3.79. The first-order chi connectivity index (χ1) is 8.88. The van der Waals surface area contributed by atoms with Crippen LogP contribution < -0.4 is 5.14 Å². The van der Waals surface area contributed by atoms with Gasteiger partial charge in [0, 0.05) is 18.3 Å². The molecule has 0 saturated heterocycles. The van der Waals surface area contributed by atoms with E-state index in [9.17, 15) is 8.42 Å². The summed E-state index contributed by atoms with van der Waals surface area (Å²) in [5, 5.41) is 7.34. The van der Waals surface area contributed by atoms with Gasteiger partial charge in [0.1, 0.15) is 0 Å². The van der Waals surface area contributed by atoms with Gasteiger partial charge in [0.05, 0.1) is 0 Å². The van der Waals surface area contributed by atoms with E-state index >= 15 is 0 Å². The van der Waals surface area contributed by atoms with E-state index < -0.39 is 14.2 Å². The highest BCUT2D eigenvalue weighted by molar-refractivity contribution is 8.15. The van der Waals surface area contributed by atoms with Crippen molar-refractivity contribution < 1.29 is 8.42 Å². The van der Waals surface area contributed by atoms with Crippen LogP contribution in [0.4, 0.5) is 0 Å². The summed E-state index contributed by atoms with van der Waals surface area (Å²) in [6.07, 6.45) is 1.81. The van der Waals surface area contributed by atoms with Crippen LogP contribution in [-0.2, 0) is 14.2 Å². The standard InChI is InChI=1S/C13H18N2O2S2/c1-11(2)10-15-8-9-18-13(15,19(14,16)17)12-6-4-3-5-7-12/h3-9,11H,10H2,1-2H3,(H2,14,16,17). The second-order valence-electron chi connectivity index (χ2n) is 4.94. The maximum absolute atomic E-state index is 12.2. The molecule has 0 aliphatic carbocycles. The van der Waals surface area contributed by atoms with Gasteiger partial charge in [-0.3, -0.25) is 0 Å². The predicted molar refractivity (Wildman–Crippen MR) is 79.5 cm³/mol. The Bertz CT molecular complexity index is 570. The summed E-state index contributed by atoms with van der Waals surface area (Å²) in [5.41, 5.74) is 0.688. The van der Waals surface area contributed by atoms with Gasteiger partial charge in [-0.05, 0) is 11.3 Å². The summed E-state index contributed by atoms with van der Waals surface area (Å²) in [7, 11) is -3.79. The van der Waals surface area contributed by atoms with Gasteiger partial charge in [-0.25, -0.2) is 13.6 Å². The number of benzene rings is 1. The molecule has 0 aromatic heterocycles. The van der Waals surface area contributed by atoms with E-state index in [0.29, 0.717) is 18.0 Å². The molecule has 1 aliphatic heterocycles. The molecule has 104 valence electrons. The monoisotopic (exact) mass is 298 g/mol. The number of primary sulfonamides is 1. The fraction of sp³-hybridized carbons (Fsp3) is 0.385. The van der Waals surface area contributed by atoms with Crippen molar-refractivity contribution in [1.29, 1.82) is 0 Å². The lowest BCUT2D eigenvalue weighted by Gasteiger charge is -2.37. The number of hydrogen-bond acceptors (Lipinski definition) is 4. The molecule has 2 rings (SSSR count). The third kappa shape index (κ3) is 2.52. The zero-order valence-electron chi connectivity index (χ0n) is 11.0. The van der Waals surface area contributed by atoms with Crippen molar-refractivity contribution in [2.24, 2.45) is 11.1 Å². The first-order valence-electron chi connectivity index (χ1n) is 6.07. The van der Waals surface area contributed by atoms with Crippen molar-refractivity contribution in [2.75, 3.05) is 6.54 Å². The Morgan fingerprint density at radius 3 is 2.47 bits per heavy atom. The maximum Gasteiger partial charge on any atom is 0.248 e. The summed E-state index contributed by atoms with van der Waals surface area (Å²) < 4.78 is 23.2. The summed E-state index contributed by atoms with van der Waals surface area (Å²) >= 11 is 1.23. The third-order valence-electron chi connectivity index (χ3n) is 2.93. The Labute approximate surface area is 118 Å². The molecule has 2 N–H and O–H groups in total. The number of nitrogens with two attached hydrogens (primary N) is 1. The van der Waals surface area contributed by atoms with E-state index in [-0.39, 0.29) is 0 Å². The summed E-state index contributed by atoms with van der Waals surface area (Å²) in [6.45, 7) is 4.74. The fourth-order valence-corrected chi connectivity index (χ4v) is 4.78. The van der Waals surface area contributed by atoms with Crippen LogP contribution in [-0.4, -0.2) is 19.9 Å². The molecular formula is C13H18N2O2S2. The topological polar surface area (TPSA) is 63.4 Å². The minimum absolute atomic E-state index is 0.341. The van der Waals surface area contributed by atoms with Crippen LogP contribution in [0.5, 0.6) is 0 Å². The van der Waals surface area contributed by atoms with Crippen LogP contribution in [0, 0.1) is 5.92 Å². The average molecular weight is 298 g/mol. The molecule has 0 saturated carbocycles. The van der Waals surface area contributed by atoms with Gasteiger partial charge in [-0.15, -0.1) is 0 Å². The van der Waals surface area contributed by atoms with Crippen molar-refractivity contribution in [2.45, 2.75) is 18.1 Å². The zero-order chi connectivity index (χ0) is 14.1. The molecule has 19 heavy (non-hydrogen) atoms. The number of rotatable bonds is 4. The average Bonchev–Trinajstić information content (AvgIpc) is 2.73. The fourth-order valence-electron chi connectivity index (χ4n) is 2.21. The Morgan fingerprint density at radius 2 is 1.95 bits per heavy atom. The van der Waals surface area contributed by atoms with Gasteiger partial charge in [0.15, 0.2) is 0 Å². The van der Waals surface area contributed by atoms with E-state index in [1.54, 1.807) is 17.5 Å². The van der Waals surface area contributed by atoms with Gasteiger partial charge < -0.3 is 4.90 Å². The highest BCUT2D eigenvalue weighted by Crippen LogP contribution is 2.48. The van der Waals surface area contributed by atoms with Gasteiger partial charge in [-0.1, -0.05) is 55.9 Å². The second-order valence-corrected chi connectivity index (χ2v) is 7.98. The maximum atomic E-state index is 12.2. The van der Waals surface area contributed by atoms with Crippen LogP contribution in [0.3, 0.4) is 0 Å². The molecule has 1 atom stereocenters. The minimum Gasteiger partial charge on any atom is -0.345 e. The summed E-state index contributed by atoms with van der Waals surface area (Å²) in [6, 6.07) is 9.12. The third-order valence-corrected chi connectivity index (χ3v) is 6.21. The number of thioether (sulfide) groups is 1. The van der Waals surface area contributed by atoms with Crippen LogP contribution >= 0.6 is 11.8 Å². The lowest BCUT2D eigenvalue weighted by atomic mass is 10.1. The van der Waals surface area contributed by atoms with E-state index in [1.807, 2.05) is 29.3 Å². The van der Waals surface area contributed by atoms with Crippen molar-refractivity contribution in [3.05, 3.63) is 47.5 Å². The molecule has 4 nitrogen and oxygen atoms in total. The van der Waals surface area contributed by atoms with E-state index in [0.717, 1.165) is 0 Å². The quantitative estimate of drug-likeness (QED) is 0.926. The molecule has 0 fully saturated rings. The van der Waals surface area contributed by atoms with Crippen LogP contribution in [0.2, 0.25) is 0 Å². The van der Waals surface area contributed by atoms with Crippen molar-refractivity contribution in [3.63, 3.8) is 0 Å². The molecule has 1 aromatic carbocycles. The molecule has 1 heterocycles. The van der Waals surface area contributed by atoms with E-state index in [1.165, 1.54) is 11.8 Å². The first-order valence-corrected chi connectivity index (χ1v) is 8.49. The molecule has 1 aliphatic rings. The summed E-state index contributed by atoms with van der Waals surface area (Å²) in [5.74, 6) is 0.341. The second kappa shape index (κ2) is 5.19. The zero-order valence-corrected chi connectivity index (χ0v) is 12.6. The number of hydrogen-bond donors (Lipinski definition) is 1. The van der Waals surface area contributed by atoms with Crippen molar-refractivity contribution in [3.8, 4) is 0 Å². The molecule has 1 aromatic rings. The van der Waals surface area contributed by atoms with E-state index in [2.05, 4.69) is 13.8 Å². The SMILES string of the molecule is CC(C)CN1C=CSC1(c1ccccc1)S(N)(=O)=O. The molecule has 0 spiro atoms.